The Morgan fingerprint density at radius 1 is 1.00 bits per heavy atom. The van der Waals surface area contributed by atoms with Gasteiger partial charge in [0.1, 0.15) is 17.8 Å². The lowest BCUT2D eigenvalue weighted by Gasteiger charge is -2.41. The number of Topliss-reactive ketones (excluding diaryl/α,β-unsaturated/α-hetero) is 1. The zero-order chi connectivity index (χ0) is 35.7. The van der Waals surface area contributed by atoms with Crippen LogP contribution in [0.2, 0.25) is 0 Å². The molecule has 5 atom stereocenters. The van der Waals surface area contributed by atoms with Crippen molar-refractivity contribution >= 4 is 29.1 Å². The highest BCUT2D eigenvalue weighted by molar-refractivity contribution is 6.04. The number of nitrogens with zero attached hydrogens (tertiary/aromatic N) is 2. The van der Waals surface area contributed by atoms with E-state index in [0.717, 1.165) is 12.1 Å². The Hall–Kier alpha value is -4.15. The number of fused-ring (bicyclic) bond motifs is 5. The molecule has 4 aliphatic rings. The van der Waals surface area contributed by atoms with Crippen LogP contribution >= 0.6 is 0 Å². The Morgan fingerprint density at radius 3 is 2.04 bits per heavy atom. The van der Waals surface area contributed by atoms with Crippen molar-refractivity contribution in [3.05, 3.63) is 55.5 Å². The van der Waals surface area contributed by atoms with E-state index in [1.165, 1.54) is 13.8 Å². The third-order valence-electron chi connectivity index (χ3n) is 8.77. The number of rotatable bonds is 11. The average molecular weight is 677 g/mol. The molecule has 2 saturated carbocycles. The number of benzene rings is 1. The predicted octanol–water partition coefficient (Wildman–Crippen LogP) is 3.62. The van der Waals surface area contributed by atoms with Crippen molar-refractivity contribution in [1.29, 1.82) is 0 Å². The number of nitro benzene ring substituents is 2. The summed E-state index contributed by atoms with van der Waals surface area (Å²) in [6.07, 6.45) is -0.923. The Bertz CT molecular complexity index is 1550. The van der Waals surface area contributed by atoms with Crippen molar-refractivity contribution in [3.63, 3.8) is 0 Å². The highest BCUT2D eigenvalue weighted by atomic mass is 16.7. The smallest absolute Gasteiger partial charge is 0.339 e. The van der Waals surface area contributed by atoms with E-state index >= 15 is 0 Å². The molecule has 0 aromatic heterocycles. The third kappa shape index (κ3) is 5.89. The molecule has 1 aromatic carbocycles. The molecule has 3 fully saturated rings. The number of hydrogen-bond acceptors (Lipinski definition) is 14. The minimum atomic E-state index is -2.01. The van der Waals surface area contributed by atoms with Crippen LogP contribution in [0.3, 0.4) is 0 Å². The number of esters is 2. The summed E-state index contributed by atoms with van der Waals surface area (Å²) in [7, 11) is 0. The van der Waals surface area contributed by atoms with Crippen LogP contribution < -0.4 is 0 Å². The SMILES string of the molecule is CC(C)OC1=C(OC(C)C)[C@]2(O)[C@H](C1=O)[C@H](C(=O)OCC(C)(C)OC(=O)c1cc([N+](=O)[O-])cc([N+](=O)[O-])c1)[C@H]1[C@@H]2C12OCC(C)(C)CO2. The fraction of sp³-hybridized carbons (Fsp3) is 0.656. The summed E-state index contributed by atoms with van der Waals surface area (Å²) in [6.45, 7) is 13.5. The van der Waals surface area contributed by atoms with E-state index in [0.29, 0.717) is 6.07 Å². The lowest BCUT2D eigenvalue weighted by Crippen LogP contribution is -2.53. The predicted molar refractivity (Wildman–Crippen MR) is 162 cm³/mol. The average Bonchev–Trinajstić information content (AvgIpc) is 3.46. The maximum Gasteiger partial charge on any atom is 0.339 e. The van der Waals surface area contributed by atoms with Crippen molar-refractivity contribution in [3.8, 4) is 0 Å². The first-order valence-corrected chi connectivity index (χ1v) is 15.6. The zero-order valence-electron chi connectivity index (χ0n) is 28.0. The van der Waals surface area contributed by atoms with Gasteiger partial charge in [-0.15, -0.1) is 0 Å². The Balaban J connectivity index is 1.41. The summed E-state index contributed by atoms with van der Waals surface area (Å²) < 4.78 is 35.5. The monoisotopic (exact) mass is 676 g/mol. The van der Waals surface area contributed by atoms with Gasteiger partial charge in [-0.1, -0.05) is 13.8 Å². The molecule has 16 heteroatoms. The number of carbonyl (C=O) groups is 3. The highest BCUT2D eigenvalue weighted by Crippen LogP contribution is 2.76. The van der Waals surface area contributed by atoms with Crippen LogP contribution in [0.15, 0.2) is 29.7 Å². The maximum atomic E-state index is 14.0. The van der Waals surface area contributed by atoms with Crippen LogP contribution in [-0.4, -0.2) is 81.7 Å². The third-order valence-corrected chi connectivity index (χ3v) is 8.77. The Morgan fingerprint density at radius 2 is 1.54 bits per heavy atom. The van der Waals surface area contributed by atoms with Gasteiger partial charge in [0.05, 0.1) is 64.7 Å². The summed E-state index contributed by atoms with van der Waals surface area (Å²) in [6, 6.07) is 2.38. The normalized spacial score (nSPS) is 28.3. The summed E-state index contributed by atoms with van der Waals surface area (Å²) in [4.78, 5) is 61.7. The molecule has 1 spiro atoms. The minimum absolute atomic E-state index is 0.0827. The fourth-order valence-corrected chi connectivity index (χ4v) is 6.85. The number of ketones is 1. The molecule has 1 aliphatic heterocycles. The first kappa shape index (κ1) is 35.2. The topological polar surface area (TPSA) is 213 Å². The molecular formula is C32H40N2O14. The van der Waals surface area contributed by atoms with Crippen molar-refractivity contribution < 1.29 is 57.8 Å². The first-order chi connectivity index (χ1) is 22.1. The second kappa shape index (κ2) is 11.8. The Labute approximate surface area is 275 Å². The van der Waals surface area contributed by atoms with Crippen molar-refractivity contribution in [2.75, 3.05) is 19.8 Å². The van der Waals surface area contributed by atoms with E-state index in [1.807, 2.05) is 13.8 Å². The van der Waals surface area contributed by atoms with Gasteiger partial charge in [-0.25, -0.2) is 4.79 Å². The summed E-state index contributed by atoms with van der Waals surface area (Å²) in [5, 5.41) is 35.0. The standard InChI is InChI=1S/C32H40N2O14/c1-15(2)46-24-23(35)21-20(22-25(31(21,38)26(24)47-16(3)4)32(22)44-12-29(5,6)13-45-32)28(37)43-14-30(7,8)48-27(36)17-9-18(33(39)40)11-19(10-17)34(41)42/h9-11,15-16,20-22,25,38H,12-14H2,1-8H3/t20-,21-,22-,25-,31-/m0/s1. The number of non-ortho nitro benzene ring substituents is 2. The lowest BCUT2D eigenvalue weighted by molar-refractivity contribution is -0.394. The van der Waals surface area contributed by atoms with Gasteiger partial charge < -0.3 is 33.5 Å². The van der Waals surface area contributed by atoms with E-state index in [9.17, 15) is 39.7 Å². The first-order valence-electron chi connectivity index (χ1n) is 15.6. The van der Waals surface area contributed by atoms with Crippen LogP contribution in [0.1, 0.15) is 65.7 Å². The van der Waals surface area contributed by atoms with E-state index in [-0.39, 0.29) is 30.1 Å². The van der Waals surface area contributed by atoms with Gasteiger partial charge in [0.25, 0.3) is 11.4 Å². The quantitative estimate of drug-likeness (QED) is 0.201. The summed E-state index contributed by atoms with van der Waals surface area (Å²) in [5.74, 6) is -8.58. The van der Waals surface area contributed by atoms with Crippen LogP contribution in [0.25, 0.3) is 0 Å². The van der Waals surface area contributed by atoms with Gasteiger partial charge in [0.2, 0.25) is 11.5 Å². The number of ether oxygens (including phenoxy) is 6. The molecular weight excluding hydrogens is 636 g/mol. The molecule has 1 saturated heterocycles. The molecule has 1 heterocycles. The number of hydrogen-bond donors (Lipinski definition) is 1. The number of allylic oxidation sites excluding steroid dienone is 1. The van der Waals surface area contributed by atoms with Crippen molar-refractivity contribution in [2.45, 2.75) is 84.6 Å². The van der Waals surface area contributed by atoms with Gasteiger partial charge in [-0.05, 0) is 41.5 Å². The molecule has 0 amide bonds. The summed E-state index contributed by atoms with van der Waals surface area (Å²) >= 11 is 0. The van der Waals surface area contributed by atoms with E-state index in [1.54, 1.807) is 27.7 Å². The van der Waals surface area contributed by atoms with Crippen LogP contribution in [-0.2, 0) is 38.0 Å². The Kier molecular flexibility index (Phi) is 8.62. The van der Waals surface area contributed by atoms with Crippen LogP contribution in [0, 0.1) is 49.3 Å². The molecule has 262 valence electrons. The second-order valence-electron chi connectivity index (χ2n) is 14.7. The fourth-order valence-electron chi connectivity index (χ4n) is 6.85. The van der Waals surface area contributed by atoms with E-state index < -0.39 is 104 Å². The van der Waals surface area contributed by atoms with Crippen molar-refractivity contribution in [1.82, 2.24) is 0 Å². The maximum absolute atomic E-state index is 14.0. The second-order valence-corrected chi connectivity index (χ2v) is 14.7. The van der Waals surface area contributed by atoms with E-state index in [2.05, 4.69) is 0 Å². The number of aliphatic hydroxyl groups is 1. The van der Waals surface area contributed by atoms with Crippen LogP contribution in [0.4, 0.5) is 11.4 Å². The highest BCUT2D eigenvalue weighted by Gasteiger charge is 2.90. The molecule has 0 unspecified atom stereocenters. The zero-order valence-corrected chi connectivity index (χ0v) is 28.0. The van der Waals surface area contributed by atoms with Gasteiger partial charge >= 0.3 is 11.9 Å². The van der Waals surface area contributed by atoms with Gasteiger partial charge in [-0.3, -0.25) is 29.8 Å². The van der Waals surface area contributed by atoms with E-state index in [4.69, 9.17) is 28.4 Å². The molecule has 0 bridgehead atoms. The molecule has 48 heavy (non-hydrogen) atoms. The van der Waals surface area contributed by atoms with Gasteiger partial charge in [-0.2, -0.15) is 0 Å². The van der Waals surface area contributed by atoms with Crippen LogP contribution in [0.5, 0.6) is 0 Å². The molecule has 16 nitrogen and oxygen atoms in total. The number of carbonyl (C=O) groups excluding carboxylic acids is 3. The largest absolute Gasteiger partial charge is 0.488 e. The van der Waals surface area contributed by atoms with Gasteiger partial charge in [0, 0.05) is 23.5 Å². The lowest BCUT2D eigenvalue weighted by atomic mass is 9.79. The molecule has 1 N–H and O–H groups in total. The molecule has 5 rings (SSSR count). The van der Waals surface area contributed by atoms with Crippen molar-refractivity contribution in [2.24, 2.45) is 29.1 Å². The minimum Gasteiger partial charge on any atom is -0.488 e. The molecule has 0 radical (unpaired) electrons. The molecule has 3 aliphatic carbocycles. The number of nitro groups is 2. The van der Waals surface area contributed by atoms with Gasteiger partial charge in [0.15, 0.2) is 11.5 Å². The summed E-state index contributed by atoms with van der Waals surface area (Å²) in [5.41, 5.74) is -5.73. The molecule has 1 aromatic rings.